The number of ether oxygens (including phenoxy) is 1. The largest absolute Gasteiger partial charge is 0.497 e. The molecule has 4 rings (SSSR count). The van der Waals surface area contributed by atoms with Gasteiger partial charge in [-0.2, -0.15) is 0 Å². The van der Waals surface area contributed by atoms with Gasteiger partial charge in [-0.1, -0.05) is 6.07 Å². The number of hydrogen-bond donors (Lipinski definition) is 1. The Balaban J connectivity index is 1.65. The van der Waals surface area contributed by atoms with Gasteiger partial charge >= 0.3 is 6.03 Å². The predicted molar refractivity (Wildman–Crippen MR) is 114 cm³/mol. The average molecular weight is 432 g/mol. The number of rotatable bonds is 5. The van der Waals surface area contributed by atoms with Crippen LogP contribution in [0.2, 0.25) is 0 Å². The summed E-state index contributed by atoms with van der Waals surface area (Å²) >= 11 is 0. The van der Waals surface area contributed by atoms with Crippen LogP contribution in [-0.4, -0.2) is 34.4 Å². The van der Waals surface area contributed by atoms with Crippen LogP contribution in [0.1, 0.15) is 5.56 Å². The van der Waals surface area contributed by atoms with Gasteiger partial charge in [-0.15, -0.1) is 0 Å². The minimum Gasteiger partial charge on any atom is -0.497 e. The molecule has 1 saturated heterocycles. The number of nitrogens with zero attached hydrogens (tertiary/aromatic N) is 3. The fourth-order valence-electron chi connectivity index (χ4n) is 3.22. The first kappa shape index (κ1) is 20.5. The van der Waals surface area contributed by atoms with Crippen molar-refractivity contribution in [1.82, 2.24) is 9.88 Å². The van der Waals surface area contributed by atoms with Gasteiger partial charge in [0.25, 0.3) is 17.5 Å². The highest BCUT2D eigenvalue weighted by Gasteiger charge is 2.36. The fraction of sp³-hybridized carbons (Fsp3) is 0.0455. The number of imide groups is 2. The van der Waals surface area contributed by atoms with Gasteiger partial charge in [0.05, 0.1) is 23.4 Å². The molecule has 10 heteroatoms. The fourth-order valence-corrected chi connectivity index (χ4v) is 3.22. The molecule has 0 atom stereocenters. The van der Waals surface area contributed by atoms with E-state index in [9.17, 15) is 24.5 Å². The van der Waals surface area contributed by atoms with Gasteiger partial charge in [0.2, 0.25) is 0 Å². The molecule has 0 bridgehead atoms. The van der Waals surface area contributed by atoms with Gasteiger partial charge in [-0.25, -0.2) is 9.69 Å². The van der Waals surface area contributed by atoms with Crippen molar-refractivity contribution < 1.29 is 24.0 Å². The summed E-state index contributed by atoms with van der Waals surface area (Å²) in [7, 11) is 1.49. The molecule has 2 aromatic carbocycles. The first-order valence-electron chi connectivity index (χ1n) is 9.36. The number of nitro groups is 1. The minimum absolute atomic E-state index is 0.0633. The van der Waals surface area contributed by atoms with Gasteiger partial charge in [-0.3, -0.25) is 25.0 Å². The lowest BCUT2D eigenvalue weighted by Crippen LogP contribution is -2.54. The quantitative estimate of drug-likeness (QED) is 0.286. The van der Waals surface area contributed by atoms with Crippen LogP contribution < -0.4 is 15.0 Å². The number of amides is 4. The van der Waals surface area contributed by atoms with Crippen molar-refractivity contribution in [2.75, 3.05) is 12.0 Å². The summed E-state index contributed by atoms with van der Waals surface area (Å²) in [5.41, 5.74) is 1.03. The highest BCUT2D eigenvalue weighted by Crippen LogP contribution is 2.25. The monoisotopic (exact) mass is 432 g/mol. The third kappa shape index (κ3) is 3.84. The van der Waals surface area contributed by atoms with Crippen LogP contribution in [-0.2, 0) is 9.59 Å². The van der Waals surface area contributed by atoms with E-state index in [1.807, 2.05) is 0 Å². The molecule has 1 aliphatic rings. The second-order valence-corrected chi connectivity index (χ2v) is 6.78. The van der Waals surface area contributed by atoms with Crippen LogP contribution in [0.15, 0.2) is 72.6 Å². The lowest BCUT2D eigenvalue weighted by Gasteiger charge is -2.26. The van der Waals surface area contributed by atoms with Crippen molar-refractivity contribution in [2.24, 2.45) is 0 Å². The van der Waals surface area contributed by atoms with Gasteiger partial charge < -0.3 is 9.30 Å². The number of anilines is 1. The lowest BCUT2D eigenvalue weighted by molar-refractivity contribution is -0.384. The summed E-state index contributed by atoms with van der Waals surface area (Å²) < 4.78 is 6.70. The number of carbonyl (C=O) groups excluding carboxylic acids is 3. The minimum atomic E-state index is -0.850. The van der Waals surface area contributed by atoms with Crippen LogP contribution in [0, 0.1) is 10.1 Å². The Labute approximate surface area is 181 Å². The molecule has 0 aliphatic carbocycles. The zero-order valence-electron chi connectivity index (χ0n) is 16.7. The zero-order valence-corrected chi connectivity index (χ0v) is 16.7. The number of aromatic nitrogens is 1. The van der Waals surface area contributed by atoms with Gasteiger partial charge in [0, 0.05) is 24.5 Å². The van der Waals surface area contributed by atoms with E-state index in [0.717, 1.165) is 4.90 Å². The Morgan fingerprint density at radius 3 is 2.47 bits per heavy atom. The maximum Gasteiger partial charge on any atom is 0.335 e. The van der Waals surface area contributed by atoms with E-state index in [0.29, 0.717) is 17.0 Å². The number of barbiturate groups is 1. The van der Waals surface area contributed by atoms with Crippen LogP contribution in [0.5, 0.6) is 5.75 Å². The van der Waals surface area contributed by atoms with E-state index in [4.69, 9.17) is 4.74 Å². The van der Waals surface area contributed by atoms with E-state index in [2.05, 4.69) is 5.32 Å². The maximum absolute atomic E-state index is 13.0. The van der Waals surface area contributed by atoms with Crippen molar-refractivity contribution in [3.63, 3.8) is 0 Å². The molecule has 0 unspecified atom stereocenters. The Morgan fingerprint density at radius 1 is 1.03 bits per heavy atom. The van der Waals surface area contributed by atoms with E-state index in [-0.39, 0.29) is 16.9 Å². The summed E-state index contributed by atoms with van der Waals surface area (Å²) in [4.78, 5) is 49.0. The summed E-state index contributed by atoms with van der Waals surface area (Å²) in [6.07, 6.45) is 4.61. The van der Waals surface area contributed by atoms with Crippen LogP contribution >= 0.6 is 0 Å². The number of nitro benzene ring substituents is 1. The molecule has 0 spiro atoms. The molecule has 32 heavy (non-hydrogen) atoms. The summed E-state index contributed by atoms with van der Waals surface area (Å²) in [5.74, 6) is -1.03. The van der Waals surface area contributed by atoms with Crippen molar-refractivity contribution in [3.05, 3.63) is 88.2 Å². The second kappa shape index (κ2) is 8.19. The maximum atomic E-state index is 13.0. The molecular formula is C22H16N4O6. The van der Waals surface area contributed by atoms with Gasteiger partial charge in [0.1, 0.15) is 11.3 Å². The Bertz CT molecular complexity index is 1280. The SMILES string of the molecule is COc1ccc(N2C(=O)NC(=O)/C(=C\c3ccn(-c4cccc([N+](=O)[O-])c4)c3)C2=O)cc1. The molecule has 0 radical (unpaired) electrons. The molecule has 10 nitrogen and oxygen atoms in total. The van der Waals surface area contributed by atoms with Crippen molar-refractivity contribution in [1.29, 1.82) is 0 Å². The molecule has 4 amide bonds. The molecule has 1 fully saturated rings. The predicted octanol–water partition coefficient (Wildman–Crippen LogP) is 3.06. The Morgan fingerprint density at radius 2 is 1.78 bits per heavy atom. The first-order valence-corrected chi connectivity index (χ1v) is 9.36. The van der Waals surface area contributed by atoms with E-state index in [1.165, 1.54) is 37.5 Å². The molecule has 1 aliphatic heterocycles. The molecule has 0 saturated carbocycles. The van der Waals surface area contributed by atoms with E-state index >= 15 is 0 Å². The summed E-state index contributed by atoms with van der Waals surface area (Å²) in [6.45, 7) is 0. The summed E-state index contributed by atoms with van der Waals surface area (Å²) in [6, 6.07) is 13.1. The Hall–Kier alpha value is -4.73. The number of benzene rings is 2. The molecule has 3 aromatic rings. The van der Waals surface area contributed by atoms with Crippen molar-refractivity contribution >= 4 is 35.3 Å². The molecule has 2 heterocycles. The zero-order chi connectivity index (χ0) is 22.8. The number of methoxy groups -OCH3 is 1. The van der Waals surface area contributed by atoms with Crippen LogP contribution in [0.4, 0.5) is 16.2 Å². The molecule has 1 N–H and O–H groups in total. The molecule has 160 valence electrons. The standard InChI is InChI=1S/C22H16N4O6/c1-32-18-7-5-15(6-8-18)25-21(28)19(20(27)23-22(25)29)11-14-9-10-24(13-14)16-3-2-4-17(12-16)26(30)31/h2-13H,1H3,(H,23,27,29)/b19-11+. The summed E-state index contributed by atoms with van der Waals surface area (Å²) in [5, 5.41) is 13.2. The molecule has 1 aromatic heterocycles. The number of urea groups is 1. The number of hydrogen-bond acceptors (Lipinski definition) is 6. The third-order valence-corrected chi connectivity index (χ3v) is 4.80. The second-order valence-electron chi connectivity index (χ2n) is 6.78. The average Bonchev–Trinajstić information content (AvgIpc) is 3.26. The van der Waals surface area contributed by atoms with Crippen molar-refractivity contribution in [3.8, 4) is 11.4 Å². The van der Waals surface area contributed by atoms with Gasteiger partial charge in [0.15, 0.2) is 0 Å². The van der Waals surface area contributed by atoms with Crippen LogP contribution in [0.25, 0.3) is 11.8 Å². The number of nitrogens with one attached hydrogen (secondary N) is 1. The van der Waals surface area contributed by atoms with Crippen LogP contribution in [0.3, 0.4) is 0 Å². The highest BCUT2D eigenvalue weighted by atomic mass is 16.6. The topological polar surface area (TPSA) is 124 Å². The van der Waals surface area contributed by atoms with E-state index < -0.39 is 22.8 Å². The lowest BCUT2D eigenvalue weighted by atomic mass is 10.1. The number of carbonyl (C=O) groups is 3. The smallest absolute Gasteiger partial charge is 0.335 e. The first-order chi connectivity index (χ1) is 15.4. The molecular weight excluding hydrogens is 416 g/mol. The Kier molecular flexibility index (Phi) is 5.25. The van der Waals surface area contributed by atoms with Crippen molar-refractivity contribution in [2.45, 2.75) is 0 Å². The highest BCUT2D eigenvalue weighted by molar-refractivity contribution is 6.39. The normalized spacial score (nSPS) is 15.1. The third-order valence-electron chi connectivity index (χ3n) is 4.80. The number of non-ortho nitro benzene ring substituents is 1. The van der Waals surface area contributed by atoms with E-state index in [1.54, 1.807) is 47.3 Å². The van der Waals surface area contributed by atoms with Gasteiger partial charge in [-0.05, 0) is 48.0 Å².